The number of carbonyl (C=O) groups is 1. The molecular formula is C26H28N2O6S. The van der Waals surface area contributed by atoms with Gasteiger partial charge in [-0.3, -0.25) is 4.79 Å². The van der Waals surface area contributed by atoms with Crippen molar-refractivity contribution in [2.75, 3.05) is 21.3 Å². The molecule has 1 unspecified atom stereocenters. The lowest BCUT2D eigenvalue weighted by Gasteiger charge is -2.35. The van der Waals surface area contributed by atoms with Crippen molar-refractivity contribution in [1.82, 2.24) is 9.62 Å². The molecule has 1 aliphatic heterocycles. The monoisotopic (exact) mass is 496 g/mol. The van der Waals surface area contributed by atoms with Crippen LogP contribution >= 0.6 is 0 Å². The van der Waals surface area contributed by atoms with Gasteiger partial charge >= 0.3 is 0 Å². The first kappa shape index (κ1) is 24.6. The van der Waals surface area contributed by atoms with Gasteiger partial charge in [0.05, 0.1) is 26.2 Å². The summed E-state index contributed by atoms with van der Waals surface area (Å²) in [6, 6.07) is 18.4. The van der Waals surface area contributed by atoms with Crippen molar-refractivity contribution in [2.45, 2.75) is 30.4 Å². The van der Waals surface area contributed by atoms with Gasteiger partial charge < -0.3 is 19.5 Å². The fraction of sp³-hybridized carbons (Fsp3) is 0.269. The second kappa shape index (κ2) is 10.4. The van der Waals surface area contributed by atoms with Gasteiger partial charge in [-0.05, 0) is 47.4 Å². The van der Waals surface area contributed by atoms with Gasteiger partial charge in [0, 0.05) is 19.2 Å². The fourth-order valence-electron chi connectivity index (χ4n) is 4.14. The van der Waals surface area contributed by atoms with Crippen molar-refractivity contribution in [1.29, 1.82) is 0 Å². The molecule has 3 aromatic carbocycles. The molecule has 0 saturated heterocycles. The van der Waals surface area contributed by atoms with Crippen molar-refractivity contribution in [3.05, 3.63) is 83.4 Å². The van der Waals surface area contributed by atoms with Crippen LogP contribution in [0.25, 0.3) is 0 Å². The number of rotatable bonds is 8. The molecule has 4 rings (SSSR count). The van der Waals surface area contributed by atoms with E-state index in [9.17, 15) is 13.2 Å². The Morgan fingerprint density at radius 2 is 1.60 bits per heavy atom. The van der Waals surface area contributed by atoms with Crippen LogP contribution in [0.5, 0.6) is 17.2 Å². The molecule has 0 aliphatic carbocycles. The molecular weight excluding hydrogens is 468 g/mol. The second-order valence-electron chi connectivity index (χ2n) is 8.12. The third-order valence-corrected chi connectivity index (χ3v) is 7.95. The number of hydrogen-bond acceptors (Lipinski definition) is 6. The van der Waals surface area contributed by atoms with Gasteiger partial charge in [-0.15, -0.1) is 0 Å². The number of amides is 1. The summed E-state index contributed by atoms with van der Waals surface area (Å²) in [5.74, 6) is 1.08. The predicted molar refractivity (Wildman–Crippen MR) is 131 cm³/mol. The van der Waals surface area contributed by atoms with E-state index in [0.29, 0.717) is 11.5 Å². The standard InChI is InChI=1S/C26H28N2O6S/c1-32-21-10-8-18(9-11-21)16-27-26(29)23-14-19-6-4-5-7-20(19)17-28(23)35(30,31)22-12-13-24(33-2)25(15-22)34-3/h4-13,15,23H,14,16-17H2,1-3H3,(H,27,29). The number of hydrogen-bond donors (Lipinski definition) is 1. The largest absolute Gasteiger partial charge is 0.497 e. The van der Waals surface area contributed by atoms with Crippen LogP contribution in [0.15, 0.2) is 71.6 Å². The Hall–Kier alpha value is -3.56. The van der Waals surface area contributed by atoms with Crippen molar-refractivity contribution in [3.63, 3.8) is 0 Å². The fourth-order valence-corrected chi connectivity index (χ4v) is 5.72. The average molecular weight is 497 g/mol. The van der Waals surface area contributed by atoms with Crippen LogP contribution in [0.1, 0.15) is 16.7 Å². The first-order valence-electron chi connectivity index (χ1n) is 11.1. The normalized spacial score (nSPS) is 15.7. The zero-order valence-corrected chi connectivity index (χ0v) is 20.7. The number of benzene rings is 3. The van der Waals surface area contributed by atoms with Gasteiger partial charge in [0.15, 0.2) is 11.5 Å². The number of carbonyl (C=O) groups excluding carboxylic acids is 1. The molecule has 1 heterocycles. The molecule has 0 saturated carbocycles. The molecule has 0 fully saturated rings. The van der Waals surface area contributed by atoms with Crippen LogP contribution in [-0.2, 0) is 34.3 Å². The van der Waals surface area contributed by atoms with Gasteiger partial charge in [-0.25, -0.2) is 8.42 Å². The van der Waals surface area contributed by atoms with Crippen molar-refractivity contribution >= 4 is 15.9 Å². The average Bonchev–Trinajstić information content (AvgIpc) is 2.90. The van der Waals surface area contributed by atoms with Gasteiger partial charge in [-0.2, -0.15) is 4.31 Å². The van der Waals surface area contributed by atoms with Gasteiger partial charge in [0.1, 0.15) is 11.8 Å². The first-order chi connectivity index (χ1) is 16.9. The van der Waals surface area contributed by atoms with Crippen molar-refractivity contribution in [3.8, 4) is 17.2 Å². The lowest BCUT2D eigenvalue weighted by molar-refractivity contribution is -0.125. The highest BCUT2D eigenvalue weighted by atomic mass is 32.2. The van der Waals surface area contributed by atoms with Crippen LogP contribution in [0.4, 0.5) is 0 Å². The molecule has 3 aromatic rings. The zero-order valence-electron chi connectivity index (χ0n) is 19.9. The van der Waals surface area contributed by atoms with Crippen LogP contribution < -0.4 is 19.5 Å². The molecule has 0 aromatic heterocycles. The smallest absolute Gasteiger partial charge is 0.244 e. The van der Waals surface area contributed by atoms with Crippen molar-refractivity contribution in [2.24, 2.45) is 0 Å². The Balaban J connectivity index is 1.64. The maximum absolute atomic E-state index is 13.8. The van der Waals surface area contributed by atoms with Crippen LogP contribution in [0.2, 0.25) is 0 Å². The zero-order chi connectivity index (χ0) is 25.0. The Bertz CT molecular complexity index is 1310. The Labute approximate surface area is 205 Å². The molecule has 0 bridgehead atoms. The molecule has 0 radical (unpaired) electrons. The number of nitrogens with one attached hydrogen (secondary N) is 1. The number of fused-ring (bicyclic) bond motifs is 1. The Morgan fingerprint density at radius 3 is 2.26 bits per heavy atom. The number of methoxy groups -OCH3 is 3. The minimum absolute atomic E-state index is 0.0301. The molecule has 1 amide bonds. The Kier molecular flexibility index (Phi) is 7.28. The predicted octanol–water partition coefficient (Wildman–Crippen LogP) is 3.14. The van der Waals surface area contributed by atoms with Crippen LogP contribution in [-0.4, -0.2) is 46.0 Å². The highest BCUT2D eigenvalue weighted by Crippen LogP contribution is 2.34. The van der Waals surface area contributed by atoms with E-state index in [2.05, 4.69) is 5.32 Å². The van der Waals surface area contributed by atoms with E-state index < -0.39 is 16.1 Å². The quantitative estimate of drug-likeness (QED) is 0.515. The summed E-state index contributed by atoms with van der Waals surface area (Å²) in [6.45, 7) is 0.360. The second-order valence-corrected chi connectivity index (χ2v) is 10.0. The minimum atomic E-state index is -4.03. The van der Waals surface area contributed by atoms with E-state index in [0.717, 1.165) is 22.4 Å². The van der Waals surface area contributed by atoms with Crippen molar-refractivity contribution < 1.29 is 27.4 Å². The molecule has 1 aliphatic rings. The molecule has 9 heteroatoms. The third kappa shape index (κ3) is 5.11. The van der Waals surface area contributed by atoms with E-state index in [-0.39, 0.29) is 30.3 Å². The highest BCUT2D eigenvalue weighted by Gasteiger charge is 2.39. The minimum Gasteiger partial charge on any atom is -0.497 e. The maximum atomic E-state index is 13.8. The SMILES string of the molecule is COc1ccc(CNC(=O)C2Cc3ccccc3CN2S(=O)(=O)c2ccc(OC)c(OC)c2)cc1. The molecule has 35 heavy (non-hydrogen) atoms. The summed E-state index contributed by atoms with van der Waals surface area (Å²) in [7, 11) is 0.489. The summed E-state index contributed by atoms with van der Waals surface area (Å²) >= 11 is 0. The summed E-state index contributed by atoms with van der Waals surface area (Å²) in [5.41, 5.74) is 2.70. The van der Waals surface area contributed by atoms with Gasteiger partial charge in [0.2, 0.25) is 15.9 Å². The molecule has 1 atom stereocenters. The van der Waals surface area contributed by atoms with E-state index in [4.69, 9.17) is 14.2 Å². The third-order valence-electron chi connectivity index (χ3n) is 6.10. The lowest BCUT2D eigenvalue weighted by atomic mass is 9.95. The van der Waals surface area contributed by atoms with Crippen LogP contribution in [0.3, 0.4) is 0 Å². The summed E-state index contributed by atoms with van der Waals surface area (Å²) < 4.78 is 44.5. The van der Waals surface area contributed by atoms with Gasteiger partial charge in [0.25, 0.3) is 0 Å². The number of nitrogens with zero attached hydrogens (tertiary/aromatic N) is 1. The molecule has 8 nitrogen and oxygen atoms in total. The molecule has 0 spiro atoms. The van der Waals surface area contributed by atoms with Crippen LogP contribution in [0, 0.1) is 0 Å². The highest BCUT2D eigenvalue weighted by molar-refractivity contribution is 7.89. The summed E-state index contributed by atoms with van der Waals surface area (Å²) in [6.07, 6.45) is 0.275. The number of sulfonamides is 1. The van der Waals surface area contributed by atoms with E-state index >= 15 is 0 Å². The van der Waals surface area contributed by atoms with Gasteiger partial charge in [-0.1, -0.05) is 36.4 Å². The first-order valence-corrected chi connectivity index (χ1v) is 12.5. The van der Waals surface area contributed by atoms with E-state index in [1.54, 1.807) is 13.2 Å². The Morgan fingerprint density at radius 1 is 0.914 bits per heavy atom. The molecule has 184 valence electrons. The summed E-state index contributed by atoms with van der Waals surface area (Å²) in [5, 5.41) is 2.90. The van der Waals surface area contributed by atoms with E-state index in [1.807, 2.05) is 48.5 Å². The number of ether oxygens (including phenoxy) is 3. The lowest BCUT2D eigenvalue weighted by Crippen LogP contribution is -2.52. The maximum Gasteiger partial charge on any atom is 0.244 e. The topological polar surface area (TPSA) is 94.2 Å². The summed E-state index contributed by atoms with van der Waals surface area (Å²) in [4.78, 5) is 13.4. The van der Waals surface area contributed by atoms with E-state index in [1.165, 1.54) is 30.7 Å². The molecule has 1 N–H and O–H groups in total.